The lowest BCUT2D eigenvalue weighted by Gasteiger charge is -2.22. The number of hydrogen-bond donors (Lipinski definition) is 0. The summed E-state index contributed by atoms with van der Waals surface area (Å²) in [4.78, 5) is 0. The van der Waals surface area contributed by atoms with E-state index in [9.17, 15) is 0 Å². The molecule has 0 spiro atoms. The molecule has 0 heteroatoms. The van der Waals surface area contributed by atoms with E-state index in [1.54, 1.807) is 0 Å². The largest absolute Gasteiger partial charge is 0.0836 e. The molecule has 0 amide bonds. The fourth-order valence-electron chi connectivity index (χ4n) is 3.15. The Labute approximate surface area is 145 Å². The van der Waals surface area contributed by atoms with Crippen molar-refractivity contribution >= 4 is 16.8 Å². The van der Waals surface area contributed by atoms with Gasteiger partial charge >= 0.3 is 0 Å². The van der Waals surface area contributed by atoms with Gasteiger partial charge in [0, 0.05) is 0 Å². The minimum absolute atomic E-state index is 0.142. The molecule has 3 rings (SSSR count). The summed E-state index contributed by atoms with van der Waals surface area (Å²) >= 11 is 0. The molecule has 0 saturated carbocycles. The first-order valence-corrected chi connectivity index (χ1v) is 8.78. The minimum atomic E-state index is 0.142. The summed E-state index contributed by atoms with van der Waals surface area (Å²) in [5.41, 5.74) is 4.30. The Morgan fingerprint density at radius 1 is 0.792 bits per heavy atom. The van der Waals surface area contributed by atoms with E-state index in [0.717, 1.165) is 12.8 Å². The fourth-order valence-corrected chi connectivity index (χ4v) is 3.15. The first kappa shape index (κ1) is 16.5. The molecule has 0 aliphatic heterocycles. The average Bonchev–Trinajstić information content (AvgIpc) is 2.58. The normalized spacial score (nSPS) is 12.1. The summed E-state index contributed by atoms with van der Waals surface area (Å²) in [6.45, 7) is 6.87. The van der Waals surface area contributed by atoms with Crippen LogP contribution < -0.4 is 0 Å². The molecule has 122 valence electrons. The van der Waals surface area contributed by atoms with Crippen LogP contribution in [0.4, 0.5) is 0 Å². The van der Waals surface area contributed by atoms with Crippen LogP contribution in [0.3, 0.4) is 0 Å². The molecule has 0 aromatic heterocycles. The van der Waals surface area contributed by atoms with Crippen LogP contribution in [0.2, 0.25) is 0 Å². The maximum absolute atomic E-state index is 2.35. The first-order chi connectivity index (χ1) is 11.5. The summed E-state index contributed by atoms with van der Waals surface area (Å²) in [7, 11) is 0. The highest BCUT2D eigenvalue weighted by Gasteiger charge is 2.17. The van der Waals surface area contributed by atoms with Crippen molar-refractivity contribution in [2.75, 3.05) is 0 Å². The standard InChI is InChI=1S/C24H26/c1-24(2,3)23-18-21-15-10-9-14-20(21)17-22(23)16-8-7-13-19-11-5-4-6-12-19/h4-6,8-12,14-18H,7,13H2,1-3H3/b16-8+. The Kier molecular flexibility index (Phi) is 4.85. The third-order valence-corrected chi connectivity index (χ3v) is 4.47. The van der Waals surface area contributed by atoms with Gasteiger partial charge in [-0.05, 0) is 51.8 Å². The minimum Gasteiger partial charge on any atom is -0.0836 e. The summed E-state index contributed by atoms with van der Waals surface area (Å²) in [6, 6.07) is 24.0. The van der Waals surface area contributed by atoms with Crippen LogP contribution in [0.15, 0.2) is 72.8 Å². The van der Waals surface area contributed by atoms with Crippen LogP contribution in [0.5, 0.6) is 0 Å². The zero-order chi connectivity index (χ0) is 17.0. The topological polar surface area (TPSA) is 0 Å². The number of rotatable bonds is 4. The van der Waals surface area contributed by atoms with Crippen LogP contribution in [-0.2, 0) is 11.8 Å². The van der Waals surface area contributed by atoms with Gasteiger partial charge < -0.3 is 0 Å². The van der Waals surface area contributed by atoms with E-state index in [-0.39, 0.29) is 5.41 Å². The molecular weight excluding hydrogens is 288 g/mol. The number of allylic oxidation sites excluding steroid dienone is 1. The number of hydrogen-bond acceptors (Lipinski definition) is 0. The third-order valence-electron chi connectivity index (χ3n) is 4.47. The fraction of sp³-hybridized carbons (Fsp3) is 0.250. The summed E-state index contributed by atoms with van der Waals surface area (Å²) in [5.74, 6) is 0. The van der Waals surface area contributed by atoms with Crippen molar-refractivity contribution in [2.24, 2.45) is 0 Å². The number of benzene rings is 3. The van der Waals surface area contributed by atoms with Gasteiger partial charge in [0.05, 0.1) is 0 Å². The molecule has 24 heavy (non-hydrogen) atoms. The zero-order valence-corrected chi connectivity index (χ0v) is 14.9. The highest BCUT2D eigenvalue weighted by molar-refractivity contribution is 5.86. The summed E-state index contributed by atoms with van der Waals surface area (Å²) < 4.78 is 0. The maximum atomic E-state index is 2.35. The SMILES string of the molecule is CC(C)(C)c1cc2ccccc2cc1/C=C/CCc1ccccc1. The predicted octanol–water partition coefficient (Wildman–Crippen LogP) is 6.78. The molecule has 3 aromatic rings. The van der Waals surface area contributed by atoms with E-state index in [1.165, 1.54) is 27.5 Å². The highest BCUT2D eigenvalue weighted by atomic mass is 14.2. The Bertz CT molecular complexity index is 833. The lowest BCUT2D eigenvalue weighted by molar-refractivity contribution is 0.590. The second-order valence-corrected chi connectivity index (χ2v) is 7.46. The average molecular weight is 314 g/mol. The Balaban J connectivity index is 1.85. The smallest absolute Gasteiger partial charge is 0.0126 e. The van der Waals surface area contributed by atoms with Gasteiger partial charge in [-0.2, -0.15) is 0 Å². The van der Waals surface area contributed by atoms with E-state index in [2.05, 4.69) is 99.7 Å². The summed E-state index contributed by atoms with van der Waals surface area (Å²) in [5, 5.41) is 2.64. The van der Waals surface area contributed by atoms with Gasteiger partial charge in [-0.3, -0.25) is 0 Å². The van der Waals surface area contributed by atoms with Crippen molar-refractivity contribution < 1.29 is 0 Å². The summed E-state index contributed by atoms with van der Waals surface area (Å²) in [6.07, 6.45) is 6.78. The van der Waals surface area contributed by atoms with Crippen LogP contribution in [0.1, 0.15) is 43.9 Å². The van der Waals surface area contributed by atoms with Gasteiger partial charge in [0.1, 0.15) is 0 Å². The van der Waals surface area contributed by atoms with Crippen molar-refractivity contribution in [3.8, 4) is 0 Å². The van der Waals surface area contributed by atoms with Crippen molar-refractivity contribution in [1.82, 2.24) is 0 Å². The molecule has 0 fully saturated rings. The Morgan fingerprint density at radius 3 is 2.08 bits per heavy atom. The van der Waals surface area contributed by atoms with Gasteiger partial charge in [-0.25, -0.2) is 0 Å². The van der Waals surface area contributed by atoms with E-state index in [1.807, 2.05) is 0 Å². The van der Waals surface area contributed by atoms with E-state index >= 15 is 0 Å². The molecule has 0 radical (unpaired) electrons. The lowest BCUT2D eigenvalue weighted by Crippen LogP contribution is -2.13. The molecular formula is C24H26. The zero-order valence-electron chi connectivity index (χ0n) is 14.9. The van der Waals surface area contributed by atoms with Crippen LogP contribution in [0.25, 0.3) is 16.8 Å². The second-order valence-electron chi connectivity index (χ2n) is 7.46. The molecule has 0 bridgehead atoms. The molecule has 0 saturated heterocycles. The predicted molar refractivity (Wildman–Crippen MR) is 106 cm³/mol. The third kappa shape index (κ3) is 3.94. The quantitative estimate of drug-likeness (QED) is 0.497. The Hall–Kier alpha value is -2.34. The Morgan fingerprint density at radius 2 is 1.42 bits per heavy atom. The first-order valence-electron chi connectivity index (χ1n) is 8.78. The molecule has 0 nitrogen and oxygen atoms in total. The van der Waals surface area contributed by atoms with Crippen LogP contribution in [-0.4, -0.2) is 0 Å². The van der Waals surface area contributed by atoms with Crippen molar-refractivity contribution in [3.63, 3.8) is 0 Å². The molecule has 3 aromatic carbocycles. The molecule has 0 atom stereocenters. The highest BCUT2D eigenvalue weighted by Crippen LogP contribution is 2.31. The van der Waals surface area contributed by atoms with Gasteiger partial charge in [0.2, 0.25) is 0 Å². The van der Waals surface area contributed by atoms with Crippen LogP contribution >= 0.6 is 0 Å². The van der Waals surface area contributed by atoms with Crippen LogP contribution in [0, 0.1) is 0 Å². The molecule has 0 aliphatic carbocycles. The molecule has 0 unspecified atom stereocenters. The van der Waals surface area contributed by atoms with Gasteiger partial charge in [0.15, 0.2) is 0 Å². The second kappa shape index (κ2) is 7.05. The van der Waals surface area contributed by atoms with E-state index in [0.29, 0.717) is 0 Å². The molecule has 0 heterocycles. The number of fused-ring (bicyclic) bond motifs is 1. The lowest BCUT2D eigenvalue weighted by atomic mass is 9.82. The van der Waals surface area contributed by atoms with Gasteiger partial charge in [0.25, 0.3) is 0 Å². The van der Waals surface area contributed by atoms with E-state index < -0.39 is 0 Å². The van der Waals surface area contributed by atoms with Crippen molar-refractivity contribution in [3.05, 3.63) is 89.5 Å². The number of aryl methyl sites for hydroxylation is 1. The van der Waals surface area contributed by atoms with Crippen molar-refractivity contribution in [2.45, 2.75) is 39.0 Å². The molecule has 0 aliphatic rings. The van der Waals surface area contributed by atoms with E-state index in [4.69, 9.17) is 0 Å². The monoisotopic (exact) mass is 314 g/mol. The van der Waals surface area contributed by atoms with Gasteiger partial charge in [-0.1, -0.05) is 93.6 Å². The van der Waals surface area contributed by atoms with Crippen molar-refractivity contribution in [1.29, 1.82) is 0 Å². The van der Waals surface area contributed by atoms with Gasteiger partial charge in [-0.15, -0.1) is 0 Å². The molecule has 0 N–H and O–H groups in total. The maximum Gasteiger partial charge on any atom is -0.0126 e.